The van der Waals surface area contributed by atoms with Crippen LogP contribution in [0.5, 0.6) is 0 Å². The lowest BCUT2D eigenvalue weighted by Crippen LogP contribution is -2.34. The number of primary sulfonamides is 1. The van der Waals surface area contributed by atoms with E-state index in [1.807, 2.05) is 47.8 Å². The first-order chi connectivity index (χ1) is 13.8. The average Bonchev–Trinajstić information content (AvgIpc) is 3.21. The van der Waals surface area contributed by atoms with Crippen LogP contribution in [0.1, 0.15) is 32.5 Å². The van der Waals surface area contributed by atoms with E-state index in [-0.39, 0.29) is 18.2 Å². The SMILES string of the molecule is NS(=O)(=O)Cc1cccc(C(=O)N(Cc2ccccc2)CC(O)c2cccs2)c1. The van der Waals surface area contributed by atoms with Gasteiger partial charge in [0.1, 0.15) is 6.10 Å². The van der Waals surface area contributed by atoms with E-state index in [0.29, 0.717) is 17.7 Å². The van der Waals surface area contributed by atoms with Crippen LogP contribution in [-0.4, -0.2) is 30.9 Å². The number of amides is 1. The molecule has 152 valence electrons. The van der Waals surface area contributed by atoms with E-state index in [9.17, 15) is 18.3 Å². The molecule has 3 N–H and O–H groups in total. The Balaban J connectivity index is 1.86. The van der Waals surface area contributed by atoms with Gasteiger partial charge in [0.15, 0.2) is 0 Å². The summed E-state index contributed by atoms with van der Waals surface area (Å²) in [6.45, 7) is 0.440. The summed E-state index contributed by atoms with van der Waals surface area (Å²) in [7, 11) is -3.70. The standard InChI is InChI=1S/C21H22N2O4S2/c22-29(26,27)15-17-8-4-9-18(12-17)21(25)23(13-16-6-2-1-3-7-16)14-19(24)20-10-5-11-28-20/h1-12,19,24H,13-15H2,(H2,22,26,27). The number of sulfonamides is 1. The maximum Gasteiger partial charge on any atom is 0.254 e. The van der Waals surface area contributed by atoms with Gasteiger partial charge in [-0.25, -0.2) is 13.6 Å². The molecule has 0 aliphatic rings. The van der Waals surface area contributed by atoms with Crippen molar-refractivity contribution in [3.05, 3.63) is 93.7 Å². The predicted molar refractivity (Wildman–Crippen MR) is 114 cm³/mol. The van der Waals surface area contributed by atoms with Crippen molar-refractivity contribution in [3.8, 4) is 0 Å². The Morgan fingerprint density at radius 3 is 2.41 bits per heavy atom. The molecule has 0 aliphatic carbocycles. The van der Waals surface area contributed by atoms with Crippen LogP contribution in [0.4, 0.5) is 0 Å². The van der Waals surface area contributed by atoms with Crippen molar-refractivity contribution in [2.24, 2.45) is 5.14 Å². The van der Waals surface area contributed by atoms with Gasteiger partial charge in [0, 0.05) is 17.0 Å². The van der Waals surface area contributed by atoms with Crippen LogP contribution < -0.4 is 5.14 Å². The summed E-state index contributed by atoms with van der Waals surface area (Å²) in [5.41, 5.74) is 1.72. The second kappa shape index (κ2) is 9.32. The molecule has 2 aromatic carbocycles. The van der Waals surface area contributed by atoms with Crippen LogP contribution >= 0.6 is 11.3 Å². The van der Waals surface area contributed by atoms with E-state index in [1.54, 1.807) is 23.1 Å². The van der Waals surface area contributed by atoms with Crippen molar-refractivity contribution >= 4 is 27.3 Å². The summed E-state index contributed by atoms with van der Waals surface area (Å²) >= 11 is 1.43. The van der Waals surface area contributed by atoms with Crippen LogP contribution in [0, 0.1) is 0 Å². The summed E-state index contributed by atoms with van der Waals surface area (Å²) in [6, 6.07) is 19.6. The molecular formula is C21H22N2O4S2. The molecule has 0 fully saturated rings. The van der Waals surface area contributed by atoms with Crippen molar-refractivity contribution in [1.82, 2.24) is 4.90 Å². The molecule has 3 rings (SSSR count). The minimum absolute atomic E-state index is 0.119. The second-order valence-corrected chi connectivity index (χ2v) is 9.30. The van der Waals surface area contributed by atoms with Crippen molar-refractivity contribution in [2.45, 2.75) is 18.4 Å². The van der Waals surface area contributed by atoms with Crippen LogP contribution in [0.3, 0.4) is 0 Å². The number of carbonyl (C=O) groups excluding carboxylic acids is 1. The normalized spacial score (nSPS) is 12.5. The predicted octanol–water partition coefficient (Wildman–Crippen LogP) is 2.91. The highest BCUT2D eigenvalue weighted by molar-refractivity contribution is 7.88. The molecule has 0 bridgehead atoms. The Morgan fingerprint density at radius 1 is 1.03 bits per heavy atom. The largest absolute Gasteiger partial charge is 0.386 e. The number of aliphatic hydroxyl groups excluding tert-OH is 1. The molecule has 0 spiro atoms. The van der Waals surface area contributed by atoms with E-state index in [2.05, 4.69) is 0 Å². The number of carbonyl (C=O) groups is 1. The van der Waals surface area contributed by atoms with Crippen molar-refractivity contribution in [3.63, 3.8) is 0 Å². The Kier molecular flexibility index (Phi) is 6.81. The zero-order valence-electron chi connectivity index (χ0n) is 15.6. The fourth-order valence-electron chi connectivity index (χ4n) is 3.01. The maximum absolute atomic E-state index is 13.2. The quantitative estimate of drug-likeness (QED) is 0.574. The third-order valence-electron chi connectivity index (χ3n) is 4.31. The van der Waals surface area contributed by atoms with E-state index >= 15 is 0 Å². The van der Waals surface area contributed by atoms with Crippen molar-refractivity contribution < 1.29 is 18.3 Å². The molecule has 1 amide bonds. The van der Waals surface area contributed by atoms with E-state index in [0.717, 1.165) is 10.4 Å². The molecule has 1 aromatic heterocycles. The molecule has 8 heteroatoms. The number of nitrogens with zero attached hydrogens (tertiary/aromatic N) is 1. The third-order valence-corrected chi connectivity index (χ3v) is 6.02. The van der Waals surface area contributed by atoms with Gasteiger partial charge in [-0.3, -0.25) is 4.79 Å². The molecular weight excluding hydrogens is 408 g/mol. The lowest BCUT2D eigenvalue weighted by atomic mass is 10.1. The van der Waals surface area contributed by atoms with Gasteiger partial charge in [-0.1, -0.05) is 48.5 Å². The fourth-order valence-corrected chi connectivity index (χ4v) is 4.36. The highest BCUT2D eigenvalue weighted by Gasteiger charge is 2.21. The topological polar surface area (TPSA) is 101 Å². The van der Waals surface area contributed by atoms with E-state index in [4.69, 9.17) is 5.14 Å². The van der Waals surface area contributed by atoms with Crippen LogP contribution in [0.2, 0.25) is 0 Å². The molecule has 0 saturated carbocycles. The number of hydrogen-bond donors (Lipinski definition) is 2. The van der Waals surface area contributed by atoms with Gasteiger partial charge in [-0.15, -0.1) is 11.3 Å². The molecule has 1 heterocycles. The summed E-state index contributed by atoms with van der Waals surface area (Å²) < 4.78 is 22.8. The molecule has 6 nitrogen and oxygen atoms in total. The lowest BCUT2D eigenvalue weighted by Gasteiger charge is -2.25. The van der Waals surface area contributed by atoms with Gasteiger partial charge in [-0.2, -0.15) is 0 Å². The molecule has 0 saturated heterocycles. The summed E-state index contributed by atoms with van der Waals surface area (Å²) in [4.78, 5) is 15.6. The van der Waals surface area contributed by atoms with Crippen molar-refractivity contribution in [2.75, 3.05) is 6.54 Å². The van der Waals surface area contributed by atoms with Gasteiger partial charge in [0.2, 0.25) is 10.0 Å². The number of aliphatic hydroxyl groups is 1. The average molecular weight is 431 g/mol. The first kappa shape index (κ1) is 21.2. The summed E-state index contributed by atoms with van der Waals surface area (Å²) in [6.07, 6.45) is -0.810. The molecule has 1 unspecified atom stereocenters. The minimum Gasteiger partial charge on any atom is -0.386 e. The van der Waals surface area contributed by atoms with Gasteiger partial charge < -0.3 is 10.0 Å². The van der Waals surface area contributed by atoms with Crippen LogP contribution in [-0.2, 0) is 22.3 Å². The van der Waals surface area contributed by atoms with E-state index < -0.39 is 16.1 Å². The minimum atomic E-state index is -3.70. The monoisotopic (exact) mass is 430 g/mol. The highest BCUT2D eigenvalue weighted by Crippen LogP contribution is 2.22. The third kappa shape index (κ3) is 6.23. The first-order valence-corrected chi connectivity index (χ1v) is 11.6. The van der Waals surface area contributed by atoms with Crippen LogP contribution in [0.25, 0.3) is 0 Å². The number of nitrogens with two attached hydrogens (primary N) is 1. The maximum atomic E-state index is 13.2. The van der Waals surface area contributed by atoms with Gasteiger partial charge >= 0.3 is 0 Å². The number of rotatable bonds is 8. The number of benzene rings is 2. The van der Waals surface area contributed by atoms with Crippen LogP contribution in [0.15, 0.2) is 72.1 Å². The zero-order valence-corrected chi connectivity index (χ0v) is 17.3. The van der Waals surface area contributed by atoms with Crippen molar-refractivity contribution in [1.29, 1.82) is 0 Å². The summed E-state index contributed by atoms with van der Waals surface area (Å²) in [5, 5.41) is 17.6. The Morgan fingerprint density at radius 2 is 1.76 bits per heavy atom. The molecule has 29 heavy (non-hydrogen) atoms. The molecule has 3 aromatic rings. The van der Waals surface area contributed by atoms with Gasteiger partial charge in [0.05, 0.1) is 12.3 Å². The Labute approximate surface area is 174 Å². The second-order valence-electron chi connectivity index (χ2n) is 6.71. The molecule has 0 radical (unpaired) electrons. The number of hydrogen-bond acceptors (Lipinski definition) is 5. The number of thiophene rings is 1. The first-order valence-electron chi connectivity index (χ1n) is 8.96. The fraction of sp³-hybridized carbons (Fsp3) is 0.190. The highest BCUT2D eigenvalue weighted by atomic mass is 32.2. The molecule has 0 aliphatic heterocycles. The van der Waals surface area contributed by atoms with E-state index in [1.165, 1.54) is 17.4 Å². The van der Waals surface area contributed by atoms with Gasteiger partial charge in [-0.05, 0) is 34.7 Å². The Hall–Kier alpha value is -2.52. The summed E-state index contributed by atoms with van der Waals surface area (Å²) in [5.74, 6) is -0.634. The lowest BCUT2D eigenvalue weighted by molar-refractivity contribution is 0.0609. The zero-order chi connectivity index (χ0) is 20.9. The smallest absolute Gasteiger partial charge is 0.254 e. The molecule has 1 atom stereocenters. The Bertz CT molecular complexity index is 1050. The van der Waals surface area contributed by atoms with Gasteiger partial charge in [0.25, 0.3) is 5.91 Å².